The van der Waals surface area contributed by atoms with Gasteiger partial charge in [0.2, 0.25) is 0 Å². The highest BCUT2D eigenvalue weighted by Gasteiger charge is 2.43. The molecule has 1 saturated heterocycles. The van der Waals surface area contributed by atoms with Crippen LogP contribution in [-0.2, 0) is 9.59 Å². The predicted molar refractivity (Wildman–Crippen MR) is 82.3 cm³/mol. The molecule has 2 rings (SSSR count). The minimum absolute atomic E-state index is 0.0489. The Morgan fingerprint density at radius 2 is 1.44 bits per heavy atom. The molecule has 1 fully saturated rings. The van der Waals surface area contributed by atoms with E-state index in [0.29, 0.717) is 23.0 Å². The van der Waals surface area contributed by atoms with E-state index in [0.717, 1.165) is 0 Å². The molecule has 1 aromatic carbocycles. The molecular weight excluding hydrogens is 341 g/mol. The normalized spacial score (nSPS) is 15.0. The Bertz CT molecular complexity index is 596. The molecule has 1 heterocycles. The molecule has 0 spiro atoms. The monoisotopic (exact) mass is 360 g/mol. The van der Waals surface area contributed by atoms with Gasteiger partial charge in [0.1, 0.15) is 11.5 Å². The summed E-state index contributed by atoms with van der Waals surface area (Å²) in [6, 6.07) is 6.76. The molecule has 0 bridgehead atoms. The van der Waals surface area contributed by atoms with Gasteiger partial charge in [-0.2, -0.15) is 13.2 Å². The van der Waals surface area contributed by atoms with E-state index in [2.05, 4.69) is 0 Å². The third-order valence-corrected chi connectivity index (χ3v) is 3.66. The lowest BCUT2D eigenvalue weighted by Gasteiger charge is -2.34. The topological polar surface area (TPSA) is 59.1 Å². The number of amides is 2. The van der Waals surface area contributed by atoms with Gasteiger partial charge < -0.3 is 19.3 Å². The minimum atomic E-state index is -4.89. The second-order valence-electron chi connectivity index (χ2n) is 5.36. The second kappa shape index (κ2) is 8.09. The van der Waals surface area contributed by atoms with Crippen molar-refractivity contribution in [3.63, 3.8) is 0 Å². The first-order valence-electron chi connectivity index (χ1n) is 7.80. The average molecular weight is 360 g/mol. The lowest BCUT2D eigenvalue weighted by molar-refractivity contribution is -0.187. The second-order valence-corrected chi connectivity index (χ2v) is 5.36. The zero-order chi connectivity index (χ0) is 18.4. The molecule has 0 N–H and O–H groups in total. The minimum Gasteiger partial charge on any atom is -0.494 e. The maximum atomic E-state index is 12.4. The van der Waals surface area contributed by atoms with E-state index in [1.165, 1.54) is 4.90 Å². The van der Waals surface area contributed by atoms with E-state index in [9.17, 15) is 22.8 Å². The summed E-state index contributed by atoms with van der Waals surface area (Å²) in [5, 5.41) is 0. The Balaban J connectivity index is 1.78. The summed E-state index contributed by atoms with van der Waals surface area (Å²) < 4.78 is 47.8. The number of carbonyl (C=O) groups excluding carboxylic acids is 2. The van der Waals surface area contributed by atoms with Crippen molar-refractivity contribution < 1.29 is 32.2 Å². The van der Waals surface area contributed by atoms with Crippen molar-refractivity contribution in [1.82, 2.24) is 9.80 Å². The number of ether oxygens (including phenoxy) is 2. The van der Waals surface area contributed by atoms with Gasteiger partial charge in [-0.3, -0.25) is 9.59 Å². The number of rotatable bonds is 5. The highest BCUT2D eigenvalue weighted by Crippen LogP contribution is 2.20. The van der Waals surface area contributed by atoms with Crippen LogP contribution in [-0.4, -0.2) is 67.2 Å². The third kappa shape index (κ3) is 5.27. The summed E-state index contributed by atoms with van der Waals surface area (Å²) in [6.45, 7) is 1.99. The predicted octanol–water partition coefficient (Wildman–Crippen LogP) is 1.70. The molecular formula is C16H19F3N2O4. The van der Waals surface area contributed by atoms with Crippen LogP contribution in [0.1, 0.15) is 6.92 Å². The van der Waals surface area contributed by atoms with E-state index in [-0.39, 0.29) is 38.7 Å². The van der Waals surface area contributed by atoms with Crippen LogP contribution in [0.3, 0.4) is 0 Å². The maximum Gasteiger partial charge on any atom is 0.471 e. The van der Waals surface area contributed by atoms with Gasteiger partial charge in [-0.25, -0.2) is 0 Å². The van der Waals surface area contributed by atoms with Crippen molar-refractivity contribution in [3.05, 3.63) is 24.3 Å². The number of piperazine rings is 1. The smallest absolute Gasteiger partial charge is 0.471 e. The fraction of sp³-hybridized carbons (Fsp3) is 0.500. The molecule has 1 aromatic rings. The van der Waals surface area contributed by atoms with Crippen molar-refractivity contribution in [2.75, 3.05) is 39.4 Å². The van der Waals surface area contributed by atoms with Crippen LogP contribution in [0.2, 0.25) is 0 Å². The van der Waals surface area contributed by atoms with Gasteiger partial charge in [0.05, 0.1) is 6.61 Å². The summed E-state index contributed by atoms with van der Waals surface area (Å²) in [5.41, 5.74) is 0. The van der Waals surface area contributed by atoms with Gasteiger partial charge in [0.25, 0.3) is 5.91 Å². The Morgan fingerprint density at radius 3 is 1.92 bits per heavy atom. The third-order valence-electron chi connectivity index (χ3n) is 3.66. The van der Waals surface area contributed by atoms with Crippen LogP contribution < -0.4 is 9.47 Å². The zero-order valence-corrected chi connectivity index (χ0v) is 13.7. The molecule has 138 valence electrons. The Morgan fingerprint density at radius 1 is 0.960 bits per heavy atom. The first-order valence-corrected chi connectivity index (χ1v) is 7.80. The first-order chi connectivity index (χ1) is 11.8. The quantitative estimate of drug-likeness (QED) is 0.802. The molecule has 2 amide bonds. The van der Waals surface area contributed by atoms with Gasteiger partial charge in [0, 0.05) is 26.2 Å². The average Bonchev–Trinajstić information content (AvgIpc) is 2.60. The van der Waals surface area contributed by atoms with E-state index in [1.54, 1.807) is 24.3 Å². The highest BCUT2D eigenvalue weighted by atomic mass is 19.4. The van der Waals surface area contributed by atoms with E-state index in [4.69, 9.17) is 9.47 Å². The van der Waals surface area contributed by atoms with E-state index in [1.807, 2.05) is 6.92 Å². The number of hydrogen-bond acceptors (Lipinski definition) is 4. The number of benzene rings is 1. The molecule has 1 aliphatic rings. The van der Waals surface area contributed by atoms with Crippen LogP contribution in [0.4, 0.5) is 13.2 Å². The molecule has 9 heteroatoms. The fourth-order valence-electron chi connectivity index (χ4n) is 2.37. The molecule has 0 radical (unpaired) electrons. The van der Waals surface area contributed by atoms with Gasteiger partial charge >= 0.3 is 12.1 Å². The van der Waals surface area contributed by atoms with Crippen LogP contribution >= 0.6 is 0 Å². The van der Waals surface area contributed by atoms with Gasteiger partial charge in [-0.15, -0.1) is 0 Å². The Hall–Kier alpha value is -2.45. The summed E-state index contributed by atoms with van der Waals surface area (Å²) >= 11 is 0. The van der Waals surface area contributed by atoms with Crippen molar-refractivity contribution in [1.29, 1.82) is 0 Å². The molecule has 0 aliphatic carbocycles. The fourth-order valence-corrected chi connectivity index (χ4v) is 2.37. The van der Waals surface area contributed by atoms with Crippen LogP contribution in [0.15, 0.2) is 24.3 Å². The van der Waals surface area contributed by atoms with Crippen molar-refractivity contribution >= 4 is 11.8 Å². The van der Waals surface area contributed by atoms with Gasteiger partial charge in [-0.1, -0.05) is 0 Å². The molecule has 0 aromatic heterocycles. The molecule has 6 nitrogen and oxygen atoms in total. The largest absolute Gasteiger partial charge is 0.494 e. The highest BCUT2D eigenvalue weighted by molar-refractivity contribution is 5.82. The molecule has 25 heavy (non-hydrogen) atoms. The van der Waals surface area contributed by atoms with Gasteiger partial charge in [0.15, 0.2) is 6.61 Å². The molecule has 1 aliphatic heterocycles. The molecule has 0 atom stereocenters. The number of carbonyl (C=O) groups is 2. The number of halogens is 3. The standard InChI is InChI=1S/C16H19F3N2O4/c1-2-24-12-3-5-13(6-4-12)25-11-14(22)20-7-9-21(10-8-20)15(23)16(17,18)19/h3-6H,2,7-11H2,1H3. The summed E-state index contributed by atoms with van der Waals surface area (Å²) in [6.07, 6.45) is -4.89. The first kappa shape index (κ1) is 18.9. The SMILES string of the molecule is CCOc1ccc(OCC(=O)N2CCN(C(=O)C(F)(F)F)CC2)cc1. The number of hydrogen-bond donors (Lipinski definition) is 0. The number of nitrogens with zero attached hydrogens (tertiary/aromatic N) is 2. The lowest BCUT2D eigenvalue weighted by Crippen LogP contribution is -2.54. The Kier molecular flexibility index (Phi) is 6.11. The molecule has 0 saturated carbocycles. The summed E-state index contributed by atoms with van der Waals surface area (Å²) in [7, 11) is 0. The van der Waals surface area contributed by atoms with Crippen molar-refractivity contribution in [2.24, 2.45) is 0 Å². The van der Waals surface area contributed by atoms with Crippen LogP contribution in [0.5, 0.6) is 11.5 Å². The van der Waals surface area contributed by atoms with Crippen molar-refractivity contribution in [3.8, 4) is 11.5 Å². The van der Waals surface area contributed by atoms with Crippen LogP contribution in [0.25, 0.3) is 0 Å². The summed E-state index contributed by atoms with van der Waals surface area (Å²) in [4.78, 5) is 25.3. The van der Waals surface area contributed by atoms with E-state index < -0.39 is 12.1 Å². The maximum absolute atomic E-state index is 12.4. The molecule has 0 unspecified atom stereocenters. The van der Waals surface area contributed by atoms with Crippen LogP contribution in [0, 0.1) is 0 Å². The van der Waals surface area contributed by atoms with E-state index >= 15 is 0 Å². The van der Waals surface area contributed by atoms with Crippen molar-refractivity contribution in [2.45, 2.75) is 13.1 Å². The zero-order valence-electron chi connectivity index (χ0n) is 13.7. The van der Waals surface area contributed by atoms with Gasteiger partial charge in [-0.05, 0) is 31.2 Å². The Labute approximate surface area is 143 Å². The number of alkyl halides is 3. The lowest BCUT2D eigenvalue weighted by atomic mass is 10.3. The summed E-state index contributed by atoms with van der Waals surface area (Å²) in [5.74, 6) is -1.03.